The van der Waals surface area contributed by atoms with Crippen LogP contribution in [0.5, 0.6) is 23.3 Å². The number of hydrogen-bond donors (Lipinski definition) is 0. The first-order valence-corrected chi connectivity index (χ1v) is 8.43. The number of carbonyl (C=O) groups excluding carboxylic acids is 1. The Morgan fingerprint density at radius 1 is 1.19 bits per heavy atom. The van der Waals surface area contributed by atoms with E-state index in [2.05, 4.69) is 9.97 Å². The summed E-state index contributed by atoms with van der Waals surface area (Å²) in [7, 11) is 1.51. The van der Waals surface area contributed by atoms with Gasteiger partial charge in [0.25, 0.3) is 17.7 Å². The number of amides is 1. The molecule has 4 rings (SSSR count). The van der Waals surface area contributed by atoms with Crippen LogP contribution in [0.4, 0.5) is 0 Å². The van der Waals surface area contributed by atoms with Crippen LogP contribution in [0.3, 0.4) is 0 Å². The Hall–Kier alpha value is -3.03. The molecule has 2 aromatic rings. The summed E-state index contributed by atoms with van der Waals surface area (Å²) in [5, 5.41) is 0. The molecule has 2 aliphatic rings. The molecule has 1 aromatic carbocycles. The Kier molecular flexibility index (Phi) is 4.47. The number of benzene rings is 1. The third-order valence-corrected chi connectivity index (χ3v) is 4.35. The second kappa shape index (κ2) is 7.07. The first kappa shape index (κ1) is 16.4. The fraction of sp³-hybridized carbons (Fsp3) is 0.389. The van der Waals surface area contributed by atoms with Gasteiger partial charge in [0.1, 0.15) is 12.7 Å². The van der Waals surface area contributed by atoms with Crippen molar-refractivity contribution < 1.29 is 23.7 Å². The summed E-state index contributed by atoms with van der Waals surface area (Å²) in [6.45, 7) is 1.25. The van der Waals surface area contributed by atoms with Gasteiger partial charge < -0.3 is 23.8 Å². The van der Waals surface area contributed by atoms with Crippen LogP contribution < -0.4 is 18.9 Å². The van der Waals surface area contributed by atoms with Gasteiger partial charge in [0.05, 0.1) is 13.7 Å². The molecule has 8 heteroatoms. The molecule has 26 heavy (non-hydrogen) atoms. The van der Waals surface area contributed by atoms with Crippen molar-refractivity contribution in [2.45, 2.75) is 18.6 Å². The van der Waals surface area contributed by atoms with E-state index in [1.165, 1.54) is 13.3 Å². The summed E-state index contributed by atoms with van der Waals surface area (Å²) in [5.41, 5.74) is 0. The monoisotopic (exact) mass is 357 g/mol. The highest BCUT2D eigenvalue weighted by Gasteiger charge is 2.36. The Bertz CT molecular complexity index is 800. The van der Waals surface area contributed by atoms with Crippen LogP contribution in [0.1, 0.15) is 6.42 Å². The summed E-state index contributed by atoms with van der Waals surface area (Å²) in [6.07, 6.45) is 2.97. The maximum absolute atomic E-state index is 12.7. The molecule has 0 saturated carbocycles. The number of methoxy groups -OCH3 is 1. The maximum Gasteiger partial charge on any atom is 0.278 e. The average molecular weight is 357 g/mol. The highest BCUT2D eigenvalue weighted by atomic mass is 16.6. The van der Waals surface area contributed by atoms with Crippen molar-refractivity contribution in [3.8, 4) is 23.3 Å². The van der Waals surface area contributed by atoms with Gasteiger partial charge in [-0.15, -0.1) is 0 Å². The Balaban J connectivity index is 1.37. The normalized spacial score (nSPS) is 21.3. The number of ether oxygens (including phenoxy) is 4. The zero-order valence-electron chi connectivity index (χ0n) is 14.3. The van der Waals surface area contributed by atoms with Crippen molar-refractivity contribution in [1.29, 1.82) is 0 Å². The number of aromatic nitrogens is 2. The highest BCUT2D eigenvalue weighted by molar-refractivity contribution is 5.82. The number of nitrogens with zero attached hydrogens (tertiary/aromatic N) is 3. The Labute approximate surface area is 150 Å². The molecule has 1 aromatic heterocycles. The number of fused-ring (bicyclic) bond motifs is 1. The molecular formula is C18H19N3O5. The van der Waals surface area contributed by atoms with Crippen molar-refractivity contribution in [3.05, 3.63) is 36.7 Å². The van der Waals surface area contributed by atoms with Crippen molar-refractivity contribution >= 4 is 5.91 Å². The minimum absolute atomic E-state index is 0.100. The molecular weight excluding hydrogens is 338 g/mol. The van der Waals surface area contributed by atoms with Crippen LogP contribution in [0, 0.1) is 0 Å². The van der Waals surface area contributed by atoms with Crippen molar-refractivity contribution in [1.82, 2.24) is 14.9 Å². The largest absolute Gasteiger partial charge is 0.485 e. The zero-order chi connectivity index (χ0) is 17.9. The van der Waals surface area contributed by atoms with Crippen LogP contribution in [0.2, 0.25) is 0 Å². The predicted octanol–water partition coefficient (Wildman–Crippen LogP) is 1.30. The van der Waals surface area contributed by atoms with Crippen LogP contribution in [0.25, 0.3) is 0 Å². The smallest absolute Gasteiger partial charge is 0.278 e. The molecule has 3 heterocycles. The highest BCUT2D eigenvalue weighted by Crippen LogP contribution is 2.32. The lowest BCUT2D eigenvalue weighted by Crippen LogP contribution is -2.46. The molecule has 0 aliphatic carbocycles. The van der Waals surface area contributed by atoms with Crippen LogP contribution in [-0.4, -0.2) is 59.8 Å². The summed E-state index contributed by atoms with van der Waals surface area (Å²) in [6, 6.07) is 7.34. The minimum atomic E-state index is -0.644. The molecule has 136 valence electrons. The fourth-order valence-electron chi connectivity index (χ4n) is 3.06. The molecule has 1 amide bonds. The quantitative estimate of drug-likeness (QED) is 0.816. The van der Waals surface area contributed by atoms with E-state index in [0.717, 1.165) is 0 Å². The lowest BCUT2D eigenvalue weighted by Gasteiger charge is -2.28. The third-order valence-electron chi connectivity index (χ3n) is 4.35. The van der Waals surface area contributed by atoms with Crippen LogP contribution in [-0.2, 0) is 4.79 Å². The summed E-state index contributed by atoms with van der Waals surface area (Å²) in [4.78, 5) is 22.7. The number of likely N-dealkylation sites (tertiary alicyclic amines) is 1. The summed E-state index contributed by atoms with van der Waals surface area (Å²) < 4.78 is 22.4. The van der Waals surface area contributed by atoms with E-state index in [9.17, 15) is 4.79 Å². The van der Waals surface area contributed by atoms with E-state index in [1.54, 1.807) is 17.2 Å². The minimum Gasteiger partial charge on any atom is -0.485 e. The molecule has 0 spiro atoms. The van der Waals surface area contributed by atoms with Gasteiger partial charge in [-0.25, -0.2) is 9.97 Å². The van der Waals surface area contributed by atoms with E-state index in [4.69, 9.17) is 18.9 Å². The lowest BCUT2D eigenvalue weighted by atomic mass is 10.2. The molecule has 0 N–H and O–H groups in total. The van der Waals surface area contributed by atoms with E-state index in [1.807, 2.05) is 18.2 Å². The SMILES string of the molecule is COc1nccnc1O[C@@H]1CCN(C(=O)[C@H]2COc3ccccc3O2)C1. The molecule has 0 radical (unpaired) electrons. The van der Waals surface area contributed by atoms with Crippen LogP contribution in [0.15, 0.2) is 36.7 Å². The maximum atomic E-state index is 12.7. The van der Waals surface area contributed by atoms with Gasteiger partial charge in [0.2, 0.25) is 6.10 Å². The van der Waals surface area contributed by atoms with E-state index in [0.29, 0.717) is 42.8 Å². The summed E-state index contributed by atoms with van der Waals surface area (Å²) >= 11 is 0. The first-order valence-electron chi connectivity index (χ1n) is 8.43. The Morgan fingerprint density at radius 2 is 1.96 bits per heavy atom. The number of para-hydroxylation sites is 2. The van der Waals surface area contributed by atoms with Gasteiger partial charge in [-0.3, -0.25) is 4.79 Å². The van der Waals surface area contributed by atoms with Crippen molar-refractivity contribution in [2.75, 3.05) is 26.8 Å². The van der Waals surface area contributed by atoms with Crippen molar-refractivity contribution in [3.63, 3.8) is 0 Å². The molecule has 8 nitrogen and oxygen atoms in total. The number of carbonyl (C=O) groups is 1. The number of hydrogen-bond acceptors (Lipinski definition) is 7. The molecule has 2 atom stereocenters. The fourth-order valence-corrected chi connectivity index (χ4v) is 3.06. The second-order valence-electron chi connectivity index (χ2n) is 6.05. The second-order valence-corrected chi connectivity index (χ2v) is 6.05. The summed E-state index contributed by atoms with van der Waals surface area (Å²) in [5.74, 6) is 1.82. The Morgan fingerprint density at radius 3 is 2.77 bits per heavy atom. The van der Waals surface area contributed by atoms with Gasteiger partial charge in [0.15, 0.2) is 11.5 Å². The molecule has 1 fully saturated rings. The standard InChI is InChI=1S/C18H19N3O5/c1-23-16-17(20-8-7-19-16)25-12-6-9-21(10-12)18(22)15-11-24-13-4-2-3-5-14(13)26-15/h2-5,7-8,12,15H,6,9-11H2,1H3/t12-,15-/m1/s1. The van der Waals surface area contributed by atoms with E-state index < -0.39 is 6.10 Å². The zero-order valence-corrected chi connectivity index (χ0v) is 14.3. The number of rotatable bonds is 4. The molecule has 1 saturated heterocycles. The average Bonchev–Trinajstić information content (AvgIpc) is 3.16. The van der Waals surface area contributed by atoms with Crippen LogP contribution >= 0.6 is 0 Å². The first-order chi connectivity index (χ1) is 12.7. The molecule has 0 unspecified atom stereocenters. The predicted molar refractivity (Wildman–Crippen MR) is 90.6 cm³/mol. The lowest BCUT2D eigenvalue weighted by molar-refractivity contribution is -0.140. The van der Waals surface area contributed by atoms with Gasteiger partial charge in [-0.1, -0.05) is 12.1 Å². The van der Waals surface area contributed by atoms with Gasteiger partial charge in [0, 0.05) is 25.4 Å². The van der Waals surface area contributed by atoms with Crippen molar-refractivity contribution in [2.24, 2.45) is 0 Å². The van der Waals surface area contributed by atoms with E-state index in [-0.39, 0.29) is 18.6 Å². The third kappa shape index (κ3) is 3.22. The topological polar surface area (TPSA) is 83.0 Å². The van der Waals surface area contributed by atoms with E-state index >= 15 is 0 Å². The molecule has 0 bridgehead atoms. The van der Waals surface area contributed by atoms with Gasteiger partial charge in [-0.2, -0.15) is 0 Å². The van der Waals surface area contributed by atoms with Gasteiger partial charge >= 0.3 is 0 Å². The van der Waals surface area contributed by atoms with Gasteiger partial charge in [-0.05, 0) is 12.1 Å². The molecule has 2 aliphatic heterocycles.